The second kappa shape index (κ2) is 8.57. The van der Waals surface area contributed by atoms with Crippen LogP contribution in [0.2, 0.25) is 0 Å². The van der Waals surface area contributed by atoms with Gasteiger partial charge in [-0.25, -0.2) is 4.98 Å². The summed E-state index contributed by atoms with van der Waals surface area (Å²) >= 11 is 6.83. The van der Waals surface area contributed by atoms with Gasteiger partial charge in [0.2, 0.25) is 0 Å². The number of phenolic OH excluding ortho intramolecular Hbond substituents is 1. The van der Waals surface area contributed by atoms with E-state index in [1.807, 2.05) is 26.0 Å². The minimum atomic E-state index is 0.233. The molecule has 3 N–H and O–H groups in total. The molecule has 0 amide bonds. The Balaban J connectivity index is 1.61. The highest BCUT2D eigenvalue weighted by molar-refractivity contribution is 7.80. The number of aromatic hydroxyl groups is 1. The van der Waals surface area contributed by atoms with Gasteiger partial charge in [0.15, 0.2) is 5.11 Å². The van der Waals surface area contributed by atoms with Gasteiger partial charge in [0.25, 0.3) is 0 Å². The molecule has 3 rings (SSSR count). The van der Waals surface area contributed by atoms with Crippen LogP contribution in [-0.4, -0.2) is 40.2 Å². The monoisotopic (exact) mass is 390 g/mol. The van der Waals surface area contributed by atoms with Crippen molar-refractivity contribution < 1.29 is 9.84 Å². The number of benzene rings is 1. The maximum Gasteiger partial charge on any atom is 0.187 e. The Morgan fingerprint density at radius 3 is 2.88 bits per heavy atom. The van der Waals surface area contributed by atoms with E-state index in [-0.39, 0.29) is 11.9 Å². The van der Waals surface area contributed by atoms with Crippen LogP contribution in [0.15, 0.2) is 29.4 Å². The molecule has 1 aliphatic rings. The average molecular weight is 391 g/mol. The van der Waals surface area contributed by atoms with Crippen LogP contribution in [0.1, 0.15) is 30.3 Å². The highest BCUT2D eigenvalue weighted by atomic mass is 32.1. The van der Waals surface area contributed by atoms with Gasteiger partial charge in [0.1, 0.15) is 10.8 Å². The van der Waals surface area contributed by atoms with E-state index < -0.39 is 0 Å². The van der Waals surface area contributed by atoms with Crippen LogP contribution in [0.3, 0.4) is 0 Å². The molecule has 8 heteroatoms. The Morgan fingerprint density at radius 2 is 2.19 bits per heavy atom. The van der Waals surface area contributed by atoms with E-state index in [9.17, 15) is 5.11 Å². The van der Waals surface area contributed by atoms with E-state index in [0.717, 1.165) is 46.3 Å². The van der Waals surface area contributed by atoms with Crippen molar-refractivity contribution in [3.05, 3.63) is 34.8 Å². The Labute approximate surface area is 162 Å². The van der Waals surface area contributed by atoms with E-state index >= 15 is 0 Å². The van der Waals surface area contributed by atoms with Crippen molar-refractivity contribution in [1.29, 1.82) is 0 Å². The van der Waals surface area contributed by atoms with Crippen LogP contribution in [0, 0.1) is 6.92 Å². The zero-order valence-corrected chi connectivity index (χ0v) is 16.4. The maximum atomic E-state index is 9.42. The van der Waals surface area contributed by atoms with Gasteiger partial charge in [-0.15, -0.1) is 11.3 Å². The summed E-state index contributed by atoms with van der Waals surface area (Å²) in [4.78, 5) is 5.61. The van der Waals surface area contributed by atoms with E-state index in [4.69, 9.17) is 17.0 Å². The first-order chi connectivity index (χ1) is 12.5. The van der Waals surface area contributed by atoms with Crippen LogP contribution in [0.25, 0.3) is 10.6 Å². The normalized spacial score (nSPS) is 17.3. The highest BCUT2D eigenvalue weighted by Crippen LogP contribution is 2.29. The molecule has 0 spiro atoms. The molecule has 1 aromatic carbocycles. The first-order valence-corrected chi connectivity index (χ1v) is 9.72. The predicted molar refractivity (Wildman–Crippen MR) is 109 cm³/mol. The second-order valence-corrected chi connectivity index (χ2v) is 7.54. The number of thiazole rings is 1. The van der Waals surface area contributed by atoms with Crippen molar-refractivity contribution in [2.75, 3.05) is 13.2 Å². The molecule has 0 bridgehead atoms. The second-order valence-electron chi connectivity index (χ2n) is 6.13. The maximum absolute atomic E-state index is 9.42. The zero-order valence-electron chi connectivity index (χ0n) is 14.8. The molecule has 2 aromatic rings. The molecule has 1 aliphatic heterocycles. The van der Waals surface area contributed by atoms with Crippen LogP contribution >= 0.6 is 23.6 Å². The minimum Gasteiger partial charge on any atom is -0.508 e. The average Bonchev–Trinajstić information content (AvgIpc) is 3.28. The number of hydrogen-bond acceptors (Lipinski definition) is 6. The van der Waals surface area contributed by atoms with Gasteiger partial charge in [-0.1, -0.05) is 0 Å². The molecule has 0 unspecified atom stereocenters. The van der Waals surface area contributed by atoms with E-state index in [1.54, 1.807) is 23.5 Å². The van der Waals surface area contributed by atoms with Crippen molar-refractivity contribution in [2.45, 2.75) is 32.8 Å². The number of aromatic nitrogens is 1. The lowest BCUT2D eigenvalue weighted by Gasteiger charge is -2.12. The fourth-order valence-electron chi connectivity index (χ4n) is 2.70. The van der Waals surface area contributed by atoms with Crippen LogP contribution in [0.5, 0.6) is 5.75 Å². The summed E-state index contributed by atoms with van der Waals surface area (Å²) in [6, 6.07) is 7.03. The summed E-state index contributed by atoms with van der Waals surface area (Å²) in [6.07, 6.45) is 2.41. The molecule has 1 saturated heterocycles. The van der Waals surface area contributed by atoms with Gasteiger partial charge in [-0.2, -0.15) is 5.10 Å². The summed E-state index contributed by atoms with van der Waals surface area (Å²) in [5.74, 6) is 0.244. The topological polar surface area (TPSA) is 78.8 Å². The van der Waals surface area contributed by atoms with Crippen LogP contribution in [0.4, 0.5) is 0 Å². The molecule has 0 saturated carbocycles. The number of phenols is 1. The Kier molecular flexibility index (Phi) is 6.18. The third-order valence-corrected chi connectivity index (χ3v) is 5.63. The van der Waals surface area contributed by atoms with Crippen molar-refractivity contribution in [1.82, 2.24) is 15.7 Å². The zero-order chi connectivity index (χ0) is 18.5. The van der Waals surface area contributed by atoms with Gasteiger partial charge in [-0.05, 0) is 63.2 Å². The molecule has 6 nitrogen and oxygen atoms in total. The number of thiocarbonyl (C=S) groups is 1. The third-order valence-electron chi connectivity index (χ3n) is 4.08. The van der Waals surface area contributed by atoms with Gasteiger partial charge >= 0.3 is 0 Å². The molecular formula is C18H22N4O2S2. The van der Waals surface area contributed by atoms with Gasteiger partial charge < -0.3 is 15.2 Å². The van der Waals surface area contributed by atoms with Gasteiger partial charge in [0.05, 0.1) is 22.4 Å². The molecule has 26 heavy (non-hydrogen) atoms. The first kappa shape index (κ1) is 18.8. The number of hydrogen-bond donors (Lipinski definition) is 3. The Bertz CT molecular complexity index is 796. The van der Waals surface area contributed by atoms with Crippen LogP contribution in [-0.2, 0) is 4.74 Å². The Morgan fingerprint density at radius 1 is 1.42 bits per heavy atom. The summed E-state index contributed by atoms with van der Waals surface area (Å²) in [5, 5.41) is 18.3. The Hall–Kier alpha value is -2.03. The largest absolute Gasteiger partial charge is 0.508 e. The summed E-state index contributed by atoms with van der Waals surface area (Å²) < 4.78 is 5.56. The minimum absolute atomic E-state index is 0.233. The highest BCUT2D eigenvalue weighted by Gasteiger charge is 2.15. The van der Waals surface area contributed by atoms with Crippen molar-refractivity contribution in [3.63, 3.8) is 0 Å². The number of ether oxygens (including phenoxy) is 1. The molecule has 1 atom stereocenters. The van der Waals surface area contributed by atoms with Crippen LogP contribution < -0.4 is 10.7 Å². The van der Waals surface area contributed by atoms with Crippen molar-refractivity contribution >= 4 is 34.4 Å². The smallest absolute Gasteiger partial charge is 0.187 e. The molecule has 0 radical (unpaired) electrons. The molecule has 0 aliphatic carbocycles. The number of rotatable bonds is 5. The molecular weight excluding hydrogens is 368 g/mol. The molecule has 1 fully saturated rings. The molecule has 1 aromatic heterocycles. The number of nitrogens with one attached hydrogen (secondary N) is 2. The lowest BCUT2D eigenvalue weighted by atomic mass is 10.2. The van der Waals surface area contributed by atoms with Gasteiger partial charge in [-0.3, -0.25) is 5.43 Å². The third kappa shape index (κ3) is 4.78. The van der Waals surface area contributed by atoms with Gasteiger partial charge in [0, 0.05) is 18.7 Å². The quantitative estimate of drug-likeness (QED) is 0.413. The SMILES string of the molecule is C/C(=N\NC(=S)NC[C@H]1CCCO1)c1sc(-c2ccc(O)cc2)nc1C. The van der Waals surface area contributed by atoms with Crippen molar-refractivity contribution in [2.24, 2.45) is 5.10 Å². The van der Waals surface area contributed by atoms with E-state index in [2.05, 4.69) is 20.8 Å². The fraction of sp³-hybridized carbons (Fsp3) is 0.389. The predicted octanol–water partition coefficient (Wildman–Crippen LogP) is 3.19. The van der Waals surface area contributed by atoms with Crippen molar-refractivity contribution in [3.8, 4) is 16.3 Å². The summed E-state index contributed by atoms with van der Waals surface area (Å²) in [7, 11) is 0. The molecule has 138 valence electrons. The standard InChI is InChI=1S/C18H22N4O2S2/c1-11-16(26-17(20-11)13-5-7-14(23)8-6-13)12(2)21-22-18(25)19-10-15-4-3-9-24-15/h5-8,15,23H,3-4,9-10H2,1-2H3,(H2,19,22,25)/b21-12+/t15-/m1/s1. The number of aryl methyl sites for hydroxylation is 1. The van der Waals surface area contributed by atoms with E-state index in [1.165, 1.54) is 0 Å². The lowest BCUT2D eigenvalue weighted by Crippen LogP contribution is -2.37. The lowest BCUT2D eigenvalue weighted by molar-refractivity contribution is 0.114. The van der Waals surface area contributed by atoms with E-state index in [0.29, 0.717) is 11.7 Å². The number of hydrazone groups is 1. The number of nitrogens with zero attached hydrogens (tertiary/aromatic N) is 2. The summed E-state index contributed by atoms with van der Waals surface area (Å²) in [5.41, 5.74) is 5.60. The molecule has 2 heterocycles. The first-order valence-electron chi connectivity index (χ1n) is 8.50. The summed E-state index contributed by atoms with van der Waals surface area (Å²) in [6.45, 7) is 5.42. The fourth-order valence-corrected chi connectivity index (χ4v) is 3.84.